The molecule has 2 aliphatic rings. The summed E-state index contributed by atoms with van der Waals surface area (Å²) in [5.74, 6) is 0.934. The van der Waals surface area contributed by atoms with Gasteiger partial charge in [-0.15, -0.1) is 11.8 Å². The van der Waals surface area contributed by atoms with Gasteiger partial charge in [-0.05, 0) is 159 Å². The van der Waals surface area contributed by atoms with Crippen molar-refractivity contribution in [2.45, 2.75) is 51.3 Å². The van der Waals surface area contributed by atoms with Gasteiger partial charge in [0.25, 0.3) is 0 Å². The Kier molecular flexibility index (Phi) is 10.2. The van der Waals surface area contributed by atoms with Crippen molar-refractivity contribution >= 4 is 39.1 Å². The minimum absolute atomic E-state index is 0.204. The third kappa shape index (κ3) is 6.65. The van der Waals surface area contributed by atoms with Crippen LogP contribution < -0.4 is 0 Å². The second kappa shape index (κ2) is 16.0. The summed E-state index contributed by atoms with van der Waals surface area (Å²) < 4.78 is 2.44. The maximum atomic E-state index is 4.25. The summed E-state index contributed by atoms with van der Waals surface area (Å²) in [7, 11) is 0. The van der Waals surface area contributed by atoms with Gasteiger partial charge in [0, 0.05) is 32.5 Å². The highest BCUT2D eigenvalue weighted by molar-refractivity contribution is 7.99. The van der Waals surface area contributed by atoms with Gasteiger partial charge >= 0.3 is 0 Å². The molecule has 0 atom stereocenters. The molecule has 0 amide bonds. The molecule has 0 N–H and O–H groups in total. The zero-order valence-electron chi connectivity index (χ0n) is 36.3. The first-order chi connectivity index (χ1) is 30.3. The van der Waals surface area contributed by atoms with E-state index in [1.165, 1.54) is 116 Å². The van der Waals surface area contributed by atoms with E-state index in [9.17, 15) is 0 Å². The molecule has 0 unspecified atom stereocenters. The van der Waals surface area contributed by atoms with Crippen molar-refractivity contribution in [2.24, 2.45) is 0 Å². The molecular formula is C60H51NS. The van der Waals surface area contributed by atoms with Crippen LogP contribution in [0.2, 0.25) is 0 Å². The van der Waals surface area contributed by atoms with Gasteiger partial charge in [-0.1, -0.05) is 154 Å². The molecule has 1 aliphatic heterocycles. The van der Waals surface area contributed by atoms with Gasteiger partial charge in [0.05, 0.1) is 11.0 Å². The van der Waals surface area contributed by atoms with E-state index in [1.807, 2.05) is 17.8 Å². The number of rotatable bonds is 7. The number of thioether (sulfide) groups is 1. The van der Waals surface area contributed by atoms with Crippen molar-refractivity contribution in [3.8, 4) is 50.2 Å². The average Bonchev–Trinajstić information content (AvgIpc) is 3.79. The number of nitrogens with zero attached hydrogens (tertiary/aromatic N) is 1. The fourth-order valence-electron chi connectivity index (χ4n) is 10.1. The Morgan fingerprint density at radius 2 is 1.29 bits per heavy atom. The lowest BCUT2D eigenvalue weighted by molar-refractivity contribution is 0.660. The summed E-state index contributed by atoms with van der Waals surface area (Å²) >= 11 is 1.94. The maximum absolute atomic E-state index is 4.25. The van der Waals surface area contributed by atoms with E-state index in [0.717, 1.165) is 12.2 Å². The van der Waals surface area contributed by atoms with Crippen LogP contribution in [0.5, 0.6) is 0 Å². The highest BCUT2D eigenvalue weighted by Gasteiger charge is 2.36. The van der Waals surface area contributed by atoms with Crippen molar-refractivity contribution < 1.29 is 0 Å². The molecule has 0 saturated carbocycles. The maximum Gasteiger partial charge on any atom is 0.0541 e. The molecule has 0 bridgehead atoms. The Hall–Kier alpha value is -6.61. The lowest BCUT2D eigenvalue weighted by atomic mass is 9.81. The van der Waals surface area contributed by atoms with Gasteiger partial charge in [0.2, 0.25) is 0 Å². The summed E-state index contributed by atoms with van der Waals surface area (Å²) in [4.78, 5) is 1.36. The quantitative estimate of drug-likeness (QED) is 0.145. The molecule has 0 saturated heterocycles. The highest BCUT2D eigenvalue weighted by atomic mass is 32.2. The molecule has 1 nitrogen and oxygen atoms in total. The SMILES string of the molecule is C=C/C(=C(C)\C=C/C)c1cccc(-c2cc(-c3ccc4c(c3)C(C)(C)c3cc(-n5c6ccccc6c6ccccc65)ccc3-4)cc(-c3cccc4c3SC/C=C\C=C/C4)c2)c1C. The van der Waals surface area contributed by atoms with E-state index in [0.29, 0.717) is 0 Å². The number of allylic oxidation sites excluding steroid dienone is 8. The lowest BCUT2D eigenvalue weighted by Gasteiger charge is -2.23. The third-order valence-corrected chi connectivity index (χ3v) is 14.3. The van der Waals surface area contributed by atoms with Gasteiger partial charge in [0.15, 0.2) is 0 Å². The molecule has 0 radical (unpaired) electrons. The zero-order chi connectivity index (χ0) is 42.5. The van der Waals surface area contributed by atoms with Gasteiger partial charge in [-0.2, -0.15) is 0 Å². The van der Waals surface area contributed by atoms with E-state index < -0.39 is 0 Å². The lowest BCUT2D eigenvalue weighted by Crippen LogP contribution is -2.15. The molecule has 0 fully saturated rings. The van der Waals surface area contributed by atoms with Crippen LogP contribution in [0.1, 0.15) is 55.5 Å². The zero-order valence-corrected chi connectivity index (χ0v) is 37.1. The number of hydrogen-bond acceptors (Lipinski definition) is 1. The van der Waals surface area contributed by atoms with Crippen LogP contribution >= 0.6 is 11.8 Å². The predicted octanol–water partition coefficient (Wildman–Crippen LogP) is 16.7. The molecule has 302 valence electrons. The summed E-state index contributed by atoms with van der Waals surface area (Å²) in [6.07, 6.45) is 16.1. The Morgan fingerprint density at radius 1 is 0.645 bits per heavy atom. The van der Waals surface area contributed by atoms with Crippen molar-refractivity contribution in [1.82, 2.24) is 4.57 Å². The average molecular weight is 818 g/mol. The standard InChI is InChI=1S/C60H51NS/c1-7-19-39(3)47(8-2)49-25-18-24-48(40(49)4)44-34-43(35-45(36-44)50-26-17-21-41-20-11-9-10-16-33-62-59(41)50)42-29-31-51-52-32-30-46(38-56(52)60(5,6)55(51)37-42)61-57-27-14-12-22-53(57)54-23-13-15-28-58(54)61/h7-19,21-32,34-38H,2,20,33H2,1,3-6H3/b11-9-,16-10-,19-7-,47-39+. The molecule has 1 aromatic heterocycles. The first-order valence-corrected chi connectivity index (χ1v) is 22.8. The van der Waals surface area contributed by atoms with Crippen molar-refractivity contribution in [2.75, 3.05) is 5.75 Å². The smallest absolute Gasteiger partial charge is 0.0541 e. The van der Waals surface area contributed by atoms with E-state index in [4.69, 9.17) is 0 Å². The first kappa shape index (κ1) is 39.5. The monoisotopic (exact) mass is 817 g/mol. The molecule has 2 heteroatoms. The van der Waals surface area contributed by atoms with E-state index in [-0.39, 0.29) is 5.41 Å². The van der Waals surface area contributed by atoms with Crippen molar-refractivity contribution in [1.29, 1.82) is 0 Å². The van der Waals surface area contributed by atoms with Crippen LogP contribution in [0.4, 0.5) is 0 Å². The largest absolute Gasteiger partial charge is 0.309 e. The van der Waals surface area contributed by atoms with Crippen LogP contribution in [0.15, 0.2) is 199 Å². The van der Waals surface area contributed by atoms with Gasteiger partial charge in [-0.25, -0.2) is 0 Å². The van der Waals surface area contributed by atoms with Crippen LogP contribution in [0, 0.1) is 6.92 Å². The van der Waals surface area contributed by atoms with Gasteiger partial charge in [0.1, 0.15) is 0 Å². The number of benzene rings is 7. The van der Waals surface area contributed by atoms with Crippen LogP contribution in [0.25, 0.3) is 77.6 Å². The summed E-state index contributed by atoms with van der Waals surface area (Å²) in [5, 5.41) is 2.57. The fraction of sp³-hybridized carbons (Fsp3) is 0.133. The second-order valence-corrected chi connectivity index (χ2v) is 18.3. The normalized spacial score (nSPS) is 15.6. The van der Waals surface area contributed by atoms with E-state index >= 15 is 0 Å². The minimum atomic E-state index is -0.204. The van der Waals surface area contributed by atoms with Crippen molar-refractivity contribution in [3.05, 3.63) is 222 Å². The molecule has 2 heterocycles. The van der Waals surface area contributed by atoms with Crippen LogP contribution in [-0.2, 0) is 11.8 Å². The first-order valence-electron chi connectivity index (χ1n) is 21.8. The topological polar surface area (TPSA) is 4.93 Å². The summed E-state index contributed by atoms with van der Waals surface area (Å²) in [6.45, 7) is 15.6. The molecule has 62 heavy (non-hydrogen) atoms. The summed E-state index contributed by atoms with van der Waals surface area (Å²) in [5.41, 5.74) is 22.5. The van der Waals surface area contributed by atoms with Gasteiger partial charge < -0.3 is 4.57 Å². The molecule has 10 rings (SSSR count). The summed E-state index contributed by atoms with van der Waals surface area (Å²) in [6, 6.07) is 52.7. The number of para-hydroxylation sites is 2. The molecule has 0 spiro atoms. The number of aromatic nitrogens is 1. The third-order valence-electron chi connectivity index (χ3n) is 13.2. The number of fused-ring (bicyclic) bond motifs is 7. The van der Waals surface area contributed by atoms with E-state index in [2.05, 4.69) is 222 Å². The Bertz CT molecular complexity index is 3180. The predicted molar refractivity (Wildman–Crippen MR) is 270 cm³/mol. The highest BCUT2D eigenvalue weighted by Crippen LogP contribution is 2.51. The molecule has 1 aliphatic carbocycles. The Labute approximate surface area is 371 Å². The molecule has 8 aromatic rings. The second-order valence-electron chi connectivity index (χ2n) is 17.2. The molecular weight excluding hydrogens is 767 g/mol. The minimum Gasteiger partial charge on any atom is -0.309 e. The van der Waals surface area contributed by atoms with Crippen molar-refractivity contribution in [3.63, 3.8) is 0 Å². The Morgan fingerprint density at radius 3 is 2.03 bits per heavy atom. The Balaban J connectivity index is 1.13. The van der Waals surface area contributed by atoms with Crippen LogP contribution in [-0.4, -0.2) is 10.3 Å². The van der Waals surface area contributed by atoms with E-state index in [1.54, 1.807) is 0 Å². The van der Waals surface area contributed by atoms with Gasteiger partial charge in [-0.3, -0.25) is 0 Å². The van der Waals surface area contributed by atoms with Crippen LogP contribution in [0.3, 0.4) is 0 Å². The molecule has 7 aromatic carbocycles. The fourth-order valence-corrected chi connectivity index (χ4v) is 11.1. The number of hydrogen-bond donors (Lipinski definition) is 0.